The minimum atomic E-state index is 0.725. The topological polar surface area (TPSA) is 24.5 Å². The lowest BCUT2D eigenvalue weighted by Crippen LogP contribution is -2.43. The van der Waals surface area contributed by atoms with Crippen LogP contribution in [0.2, 0.25) is 0 Å². The Hall–Kier alpha value is -1.58. The molecule has 3 rings (SSSR count). The summed E-state index contributed by atoms with van der Waals surface area (Å²) in [6.07, 6.45) is 2.27. The first-order valence-electron chi connectivity index (χ1n) is 8.45. The maximum atomic E-state index is 5.86. The zero-order chi connectivity index (χ0) is 15.2. The molecule has 0 aromatic heterocycles. The fourth-order valence-electron chi connectivity index (χ4n) is 3.28. The van der Waals surface area contributed by atoms with E-state index >= 15 is 0 Å². The second-order valence-electron chi connectivity index (χ2n) is 5.89. The number of hydrogen-bond donors (Lipinski definition) is 1. The fourth-order valence-corrected chi connectivity index (χ4v) is 3.28. The van der Waals surface area contributed by atoms with Crippen LogP contribution in [0.5, 0.6) is 5.75 Å². The van der Waals surface area contributed by atoms with Crippen LogP contribution in [0.1, 0.15) is 18.9 Å². The van der Waals surface area contributed by atoms with Crippen LogP contribution in [-0.4, -0.2) is 44.2 Å². The summed E-state index contributed by atoms with van der Waals surface area (Å²) in [4.78, 5) is 2.56. The van der Waals surface area contributed by atoms with Gasteiger partial charge in [-0.2, -0.15) is 0 Å². The van der Waals surface area contributed by atoms with Crippen molar-refractivity contribution in [1.29, 1.82) is 0 Å². The van der Waals surface area contributed by atoms with Gasteiger partial charge in [-0.25, -0.2) is 0 Å². The van der Waals surface area contributed by atoms with Crippen molar-refractivity contribution in [2.24, 2.45) is 0 Å². The molecule has 1 heterocycles. The summed E-state index contributed by atoms with van der Waals surface area (Å²) in [6.45, 7) is 8.55. The van der Waals surface area contributed by atoms with Crippen molar-refractivity contribution in [3.8, 4) is 5.75 Å². The number of piperazine rings is 1. The van der Waals surface area contributed by atoms with Crippen molar-refractivity contribution in [2.75, 3.05) is 39.3 Å². The summed E-state index contributed by atoms with van der Waals surface area (Å²) in [5.41, 5.74) is 1.37. The van der Waals surface area contributed by atoms with Gasteiger partial charge in [-0.3, -0.25) is 0 Å². The van der Waals surface area contributed by atoms with E-state index in [0.29, 0.717) is 0 Å². The van der Waals surface area contributed by atoms with E-state index < -0.39 is 0 Å². The Bertz CT molecular complexity index is 605. The van der Waals surface area contributed by atoms with Crippen molar-refractivity contribution >= 4 is 10.8 Å². The highest BCUT2D eigenvalue weighted by molar-refractivity contribution is 5.87. The Kier molecular flexibility index (Phi) is 5.30. The number of nitrogens with one attached hydrogen (secondary N) is 1. The first-order valence-corrected chi connectivity index (χ1v) is 8.45. The summed E-state index contributed by atoms with van der Waals surface area (Å²) in [6, 6.07) is 12.9. The van der Waals surface area contributed by atoms with Crippen LogP contribution in [0.3, 0.4) is 0 Å². The first kappa shape index (κ1) is 15.3. The van der Waals surface area contributed by atoms with E-state index in [-0.39, 0.29) is 0 Å². The molecule has 2 aromatic rings. The Morgan fingerprint density at radius 3 is 2.73 bits per heavy atom. The molecule has 0 spiro atoms. The molecule has 0 amide bonds. The number of benzene rings is 2. The second kappa shape index (κ2) is 7.61. The molecule has 0 bridgehead atoms. The molecule has 3 nitrogen and oxygen atoms in total. The van der Waals surface area contributed by atoms with Gasteiger partial charge in [-0.1, -0.05) is 30.3 Å². The third kappa shape index (κ3) is 3.60. The van der Waals surface area contributed by atoms with Gasteiger partial charge in [0.25, 0.3) is 0 Å². The number of ether oxygens (including phenoxy) is 1. The summed E-state index contributed by atoms with van der Waals surface area (Å²) < 4.78 is 5.86. The van der Waals surface area contributed by atoms with E-state index in [9.17, 15) is 0 Å². The van der Waals surface area contributed by atoms with Gasteiger partial charge in [0.15, 0.2) is 0 Å². The molecule has 0 atom stereocenters. The predicted octanol–water partition coefficient (Wildman–Crippen LogP) is 3.08. The SMILES string of the molecule is CCOc1ccc2ccccc2c1CCCN1CCNCC1. The van der Waals surface area contributed by atoms with Gasteiger partial charge in [0.2, 0.25) is 0 Å². The number of nitrogens with zero attached hydrogens (tertiary/aromatic N) is 1. The van der Waals surface area contributed by atoms with Gasteiger partial charge < -0.3 is 15.0 Å². The monoisotopic (exact) mass is 298 g/mol. The van der Waals surface area contributed by atoms with Crippen LogP contribution in [0.15, 0.2) is 36.4 Å². The minimum Gasteiger partial charge on any atom is -0.494 e. The summed E-state index contributed by atoms with van der Waals surface area (Å²) in [5.74, 6) is 1.06. The minimum absolute atomic E-state index is 0.725. The largest absolute Gasteiger partial charge is 0.494 e. The number of fused-ring (bicyclic) bond motifs is 1. The maximum absolute atomic E-state index is 5.86. The lowest BCUT2D eigenvalue weighted by atomic mass is 9.99. The third-order valence-electron chi connectivity index (χ3n) is 4.41. The average Bonchev–Trinajstić information content (AvgIpc) is 2.57. The lowest BCUT2D eigenvalue weighted by molar-refractivity contribution is 0.238. The molecule has 118 valence electrons. The van der Waals surface area contributed by atoms with Crippen LogP contribution in [-0.2, 0) is 6.42 Å². The average molecular weight is 298 g/mol. The number of hydrogen-bond acceptors (Lipinski definition) is 3. The van der Waals surface area contributed by atoms with E-state index in [2.05, 4.69) is 53.5 Å². The van der Waals surface area contributed by atoms with E-state index in [1.165, 1.54) is 42.4 Å². The Labute approximate surface area is 133 Å². The zero-order valence-corrected chi connectivity index (χ0v) is 13.5. The molecule has 0 radical (unpaired) electrons. The molecule has 2 aromatic carbocycles. The van der Waals surface area contributed by atoms with Gasteiger partial charge >= 0.3 is 0 Å². The molecule has 0 aliphatic carbocycles. The molecule has 3 heteroatoms. The van der Waals surface area contributed by atoms with E-state index in [1.807, 2.05) is 0 Å². The fraction of sp³-hybridized carbons (Fsp3) is 0.474. The van der Waals surface area contributed by atoms with Crippen LogP contribution in [0.4, 0.5) is 0 Å². The molecule has 1 N–H and O–H groups in total. The van der Waals surface area contributed by atoms with Crippen molar-refractivity contribution in [3.05, 3.63) is 42.0 Å². The molecule has 22 heavy (non-hydrogen) atoms. The third-order valence-corrected chi connectivity index (χ3v) is 4.41. The van der Waals surface area contributed by atoms with Crippen LogP contribution >= 0.6 is 0 Å². The van der Waals surface area contributed by atoms with Crippen LogP contribution in [0.25, 0.3) is 10.8 Å². The summed E-state index contributed by atoms with van der Waals surface area (Å²) in [7, 11) is 0. The van der Waals surface area contributed by atoms with Gasteiger partial charge in [-0.15, -0.1) is 0 Å². The van der Waals surface area contributed by atoms with Gasteiger partial charge in [-0.05, 0) is 43.1 Å². The molecule has 1 aliphatic rings. The smallest absolute Gasteiger partial charge is 0.123 e. The maximum Gasteiger partial charge on any atom is 0.123 e. The van der Waals surface area contributed by atoms with Gasteiger partial charge in [0.05, 0.1) is 6.61 Å². The molecular formula is C19H26N2O. The van der Waals surface area contributed by atoms with E-state index in [1.54, 1.807) is 0 Å². The Morgan fingerprint density at radius 1 is 1.09 bits per heavy atom. The highest BCUT2D eigenvalue weighted by atomic mass is 16.5. The molecule has 1 saturated heterocycles. The standard InChI is InChI=1S/C19H26N2O/c1-2-22-19-10-9-16-6-3-4-7-17(16)18(19)8-5-13-21-14-11-20-12-15-21/h3-4,6-7,9-10,20H,2,5,8,11-15H2,1H3. The first-order chi connectivity index (χ1) is 10.9. The van der Waals surface area contributed by atoms with Crippen molar-refractivity contribution in [1.82, 2.24) is 10.2 Å². The predicted molar refractivity (Wildman–Crippen MR) is 92.7 cm³/mol. The zero-order valence-electron chi connectivity index (χ0n) is 13.5. The van der Waals surface area contributed by atoms with Crippen LogP contribution < -0.4 is 10.1 Å². The molecule has 1 fully saturated rings. The normalized spacial score (nSPS) is 16.0. The van der Waals surface area contributed by atoms with Gasteiger partial charge in [0.1, 0.15) is 5.75 Å². The van der Waals surface area contributed by atoms with E-state index in [0.717, 1.165) is 31.9 Å². The Balaban J connectivity index is 1.73. The molecule has 0 unspecified atom stereocenters. The second-order valence-corrected chi connectivity index (χ2v) is 5.89. The van der Waals surface area contributed by atoms with E-state index in [4.69, 9.17) is 4.74 Å². The van der Waals surface area contributed by atoms with Crippen molar-refractivity contribution in [3.63, 3.8) is 0 Å². The highest BCUT2D eigenvalue weighted by Crippen LogP contribution is 2.29. The van der Waals surface area contributed by atoms with Crippen LogP contribution in [0, 0.1) is 0 Å². The highest BCUT2D eigenvalue weighted by Gasteiger charge is 2.11. The summed E-state index contributed by atoms with van der Waals surface area (Å²) >= 11 is 0. The van der Waals surface area contributed by atoms with Crippen molar-refractivity contribution in [2.45, 2.75) is 19.8 Å². The molecule has 1 aliphatic heterocycles. The quantitative estimate of drug-likeness (QED) is 0.887. The number of rotatable bonds is 6. The van der Waals surface area contributed by atoms with Gasteiger partial charge in [0, 0.05) is 31.7 Å². The summed E-state index contributed by atoms with van der Waals surface area (Å²) in [5, 5.41) is 6.06. The molecular weight excluding hydrogens is 272 g/mol. The number of aryl methyl sites for hydroxylation is 1. The lowest BCUT2D eigenvalue weighted by Gasteiger charge is -2.27. The Morgan fingerprint density at radius 2 is 1.91 bits per heavy atom. The van der Waals surface area contributed by atoms with Crippen molar-refractivity contribution < 1.29 is 4.74 Å². The molecule has 0 saturated carbocycles.